The summed E-state index contributed by atoms with van der Waals surface area (Å²) in [5, 5.41) is 2.74. The SMILES string of the molecule is O=C(Cc1ccc(OC(F)(F)F)c(F)c1)C[C@@H]1[C@H]2Oc3ccc(Oc4ccnc5c4CCC(=O)N5)cc3[C@@H]12. The van der Waals surface area contributed by atoms with Crippen molar-refractivity contribution in [2.75, 3.05) is 5.32 Å². The van der Waals surface area contributed by atoms with Gasteiger partial charge in [-0.05, 0) is 48.4 Å². The molecule has 0 spiro atoms. The number of pyridine rings is 1. The van der Waals surface area contributed by atoms with Crippen molar-refractivity contribution >= 4 is 17.5 Å². The number of nitrogens with one attached hydrogen (secondary N) is 1. The van der Waals surface area contributed by atoms with E-state index in [-0.39, 0.29) is 48.0 Å². The number of aromatic nitrogens is 1. The first-order chi connectivity index (χ1) is 18.1. The number of amides is 1. The predicted molar refractivity (Wildman–Crippen MR) is 125 cm³/mol. The van der Waals surface area contributed by atoms with Gasteiger partial charge in [-0.3, -0.25) is 9.59 Å². The number of nitrogens with zero attached hydrogens (tertiary/aromatic N) is 1. The van der Waals surface area contributed by atoms with Gasteiger partial charge in [0.2, 0.25) is 5.91 Å². The number of hydrogen-bond donors (Lipinski definition) is 1. The maximum Gasteiger partial charge on any atom is 0.573 e. The summed E-state index contributed by atoms with van der Waals surface area (Å²) in [7, 11) is 0. The third kappa shape index (κ3) is 4.75. The van der Waals surface area contributed by atoms with Crippen molar-refractivity contribution in [2.45, 2.75) is 44.1 Å². The van der Waals surface area contributed by atoms with Gasteiger partial charge in [-0.2, -0.15) is 0 Å². The summed E-state index contributed by atoms with van der Waals surface area (Å²) in [6, 6.07) is 10.2. The third-order valence-corrected chi connectivity index (χ3v) is 6.89. The number of anilines is 1. The minimum Gasteiger partial charge on any atom is -0.489 e. The molecule has 1 amide bonds. The molecule has 3 heterocycles. The van der Waals surface area contributed by atoms with Gasteiger partial charge in [0.1, 0.15) is 35.0 Å². The zero-order chi connectivity index (χ0) is 26.6. The second-order valence-electron chi connectivity index (χ2n) is 9.49. The summed E-state index contributed by atoms with van der Waals surface area (Å²) in [6.45, 7) is 0. The van der Waals surface area contributed by atoms with Crippen LogP contribution in [0.4, 0.5) is 23.4 Å². The molecule has 196 valence electrons. The minimum absolute atomic E-state index is 0.0161. The lowest BCUT2D eigenvalue weighted by Gasteiger charge is -2.19. The molecule has 2 aromatic carbocycles. The van der Waals surface area contributed by atoms with Crippen LogP contribution in [-0.4, -0.2) is 29.1 Å². The van der Waals surface area contributed by atoms with Crippen LogP contribution in [0.25, 0.3) is 0 Å². The summed E-state index contributed by atoms with van der Waals surface area (Å²) in [5.41, 5.74) is 2.02. The van der Waals surface area contributed by atoms with E-state index in [0.717, 1.165) is 29.0 Å². The fourth-order valence-electron chi connectivity index (χ4n) is 5.16. The second-order valence-corrected chi connectivity index (χ2v) is 9.49. The first-order valence-electron chi connectivity index (χ1n) is 12.0. The van der Waals surface area contributed by atoms with E-state index in [1.54, 1.807) is 18.3 Å². The van der Waals surface area contributed by atoms with Gasteiger partial charge in [-0.1, -0.05) is 6.07 Å². The molecule has 0 saturated heterocycles. The standard InChI is InChI=1S/C27H20F4N2O5/c28-19-10-13(1-4-22(19)38-27(29,30)31)9-14(34)11-18-24-17-12-15(2-5-20(17)37-25(18)24)36-21-7-8-32-26-16(21)3-6-23(35)33-26/h1-2,4-5,7-8,10,12,18,24-25H,3,6,9,11H2,(H,32,33,35)/t18-,24-,25+/m0/s1. The molecule has 6 rings (SSSR count). The summed E-state index contributed by atoms with van der Waals surface area (Å²) in [5.74, 6) is -0.00275. The first-order valence-corrected chi connectivity index (χ1v) is 12.0. The van der Waals surface area contributed by atoms with Crippen molar-refractivity contribution in [3.63, 3.8) is 0 Å². The summed E-state index contributed by atoms with van der Waals surface area (Å²) in [4.78, 5) is 28.5. The molecular weight excluding hydrogens is 508 g/mol. The molecule has 0 unspecified atom stereocenters. The zero-order valence-electron chi connectivity index (χ0n) is 19.7. The van der Waals surface area contributed by atoms with Crippen molar-refractivity contribution in [1.29, 1.82) is 0 Å². The molecule has 1 aromatic heterocycles. The van der Waals surface area contributed by atoms with Crippen molar-refractivity contribution in [3.8, 4) is 23.0 Å². The smallest absolute Gasteiger partial charge is 0.489 e. The quantitative estimate of drug-likeness (QED) is 0.409. The highest BCUT2D eigenvalue weighted by atomic mass is 19.4. The van der Waals surface area contributed by atoms with E-state index in [1.165, 1.54) is 6.07 Å². The third-order valence-electron chi connectivity index (χ3n) is 6.89. The van der Waals surface area contributed by atoms with Gasteiger partial charge in [0.15, 0.2) is 11.6 Å². The van der Waals surface area contributed by atoms with Crippen molar-refractivity contribution in [1.82, 2.24) is 4.98 Å². The average Bonchev–Trinajstić information content (AvgIpc) is 3.36. The molecule has 1 aliphatic carbocycles. The van der Waals surface area contributed by atoms with Crippen LogP contribution >= 0.6 is 0 Å². The van der Waals surface area contributed by atoms with Crippen LogP contribution in [0.2, 0.25) is 0 Å². The molecule has 2 aliphatic heterocycles. The van der Waals surface area contributed by atoms with Gasteiger partial charge in [-0.15, -0.1) is 13.2 Å². The van der Waals surface area contributed by atoms with Crippen LogP contribution in [-0.2, 0) is 22.4 Å². The largest absolute Gasteiger partial charge is 0.573 e. The lowest BCUT2D eigenvalue weighted by Crippen LogP contribution is -2.20. The van der Waals surface area contributed by atoms with Gasteiger partial charge in [0.05, 0.1) is 0 Å². The van der Waals surface area contributed by atoms with Crippen LogP contribution in [0.5, 0.6) is 23.0 Å². The number of ketones is 1. The molecule has 0 bridgehead atoms. The lowest BCUT2D eigenvalue weighted by molar-refractivity contribution is -0.275. The van der Waals surface area contributed by atoms with Crippen LogP contribution < -0.4 is 19.5 Å². The summed E-state index contributed by atoms with van der Waals surface area (Å²) >= 11 is 0. The Labute approximate surface area is 213 Å². The minimum atomic E-state index is -5.00. The van der Waals surface area contributed by atoms with Gasteiger partial charge in [0, 0.05) is 48.4 Å². The van der Waals surface area contributed by atoms with E-state index in [1.807, 2.05) is 12.1 Å². The number of halogens is 4. The Hall–Kier alpha value is -4.15. The number of hydrogen-bond acceptors (Lipinski definition) is 6. The Morgan fingerprint density at radius 2 is 1.95 bits per heavy atom. The molecular formula is C27H20F4N2O5. The molecule has 1 N–H and O–H groups in total. The molecule has 7 nitrogen and oxygen atoms in total. The Balaban J connectivity index is 1.10. The molecule has 1 saturated carbocycles. The van der Waals surface area contributed by atoms with E-state index < -0.39 is 17.9 Å². The summed E-state index contributed by atoms with van der Waals surface area (Å²) < 4.78 is 66.7. The van der Waals surface area contributed by atoms with E-state index in [0.29, 0.717) is 30.2 Å². The Bertz CT molecular complexity index is 1460. The van der Waals surface area contributed by atoms with Crippen molar-refractivity contribution in [2.24, 2.45) is 5.92 Å². The topological polar surface area (TPSA) is 86.8 Å². The normalized spacial score (nSPS) is 20.9. The lowest BCUT2D eigenvalue weighted by atomic mass is 10.0. The fourth-order valence-corrected chi connectivity index (χ4v) is 5.16. The van der Waals surface area contributed by atoms with E-state index in [4.69, 9.17) is 9.47 Å². The number of alkyl halides is 3. The number of carbonyl (C=O) groups excluding carboxylic acids is 2. The van der Waals surface area contributed by atoms with Gasteiger partial charge >= 0.3 is 6.36 Å². The fraction of sp³-hybridized carbons (Fsp3) is 0.296. The van der Waals surface area contributed by atoms with Gasteiger partial charge in [-0.25, -0.2) is 9.37 Å². The second kappa shape index (κ2) is 9.00. The highest BCUT2D eigenvalue weighted by molar-refractivity contribution is 5.93. The molecule has 3 aliphatic rings. The number of ether oxygens (including phenoxy) is 3. The zero-order valence-corrected chi connectivity index (χ0v) is 19.7. The molecule has 3 aromatic rings. The number of Topliss-reactive ketones (excluding diaryl/α,β-unsaturated/α-hetero) is 1. The van der Waals surface area contributed by atoms with Crippen molar-refractivity contribution in [3.05, 3.63) is 71.2 Å². The number of rotatable bonds is 7. The molecule has 3 atom stereocenters. The number of benzene rings is 2. The van der Waals surface area contributed by atoms with E-state index >= 15 is 0 Å². The Morgan fingerprint density at radius 1 is 1.11 bits per heavy atom. The monoisotopic (exact) mass is 528 g/mol. The average molecular weight is 528 g/mol. The van der Waals surface area contributed by atoms with Gasteiger partial charge in [0.25, 0.3) is 0 Å². The van der Waals surface area contributed by atoms with Gasteiger partial charge < -0.3 is 19.5 Å². The molecule has 38 heavy (non-hydrogen) atoms. The first kappa shape index (κ1) is 24.2. The number of carbonyl (C=O) groups is 2. The summed E-state index contributed by atoms with van der Waals surface area (Å²) in [6.07, 6.45) is -2.62. The molecule has 11 heteroatoms. The van der Waals surface area contributed by atoms with Crippen molar-refractivity contribution < 1.29 is 41.4 Å². The predicted octanol–water partition coefficient (Wildman–Crippen LogP) is 5.47. The molecule has 1 fully saturated rings. The maximum absolute atomic E-state index is 14.0. The van der Waals surface area contributed by atoms with E-state index in [2.05, 4.69) is 15.0 Å². The Kier molecular flexibility index (Phi) is 5.73. The van der Waals surface area contributed by atoms with Crippen LogP contribution in [0.1, 0.15) is 35.4 Å². The number of fused-ring (bicyclic) bond motifs is 4. The molecule has 0 radical (unpaired) electrons. The van der Waals surface area contributed by atoms with Crippen LogP contribution in [0.15, 0.2) is 48.7 Å². The van der Waals surface area contributed by atoms with Crippen LogP contribution in [0, 0.1) is 11.7 Å². The maximum atomic E-state index is 14.0. The highest BCUT2D eigenvalue weighted by Crippen LogP contribution is 2.60. The van der Waals surface area contributed by atoms with Crippen LogP contribution in [0.3, 0.4) is 0 Å². The Morgan fingerprint density at radius 3 is 2.74 bits per heavy atom. The van der Waals surface area contributed by atoms with E-state index in [9.17, 15) is 27.2 Å². The highest BCUT2D eigenvalue weighted by Gasteiger charge is 2.59.